The molecule has 0 spiro atoms. The Morgan fingerprint density at radius 1 is 1.14 bits per heavy atom. The number of carbonyl (C=O) groups excluding carboxylic acids is 2. The maximum atomic E-state index is 9.94. The predicted octanol–water partition coefficient (Wildman–Crippen LogP) is 0.222. The summed E-state index contributed by atoms with van der Waals surface area (Å²) in [6.45, 7) is 0. The summed E-state index contributed by atoms with van der Waals surface area (Å²) in [7, 11) is 0. The van der Waals surface area contributed by atoms with Crippen LogP contribution in [-0.4, -0.2) is 39.2 Å². The van der Waals surface area contributed by atoms with Crippen molar-refractivity contribution in [3.63, 3.8) is 0 Å². The molecule has 2 unspecified atom stereocenters. The standard InChI is InChI=1S/C7H8N2O2Se.FHS/c10-4-8-6-1-7(9-5-11)3-12-2-6;1-2/h6-7H,1-3H2;2H/p+1. The number of rotatable bonds is 2. The third-order valence-corrected chi connectivity index (χ3v) is 4.24. The summed E-state index contributed by atoms with van der Waals surface area (Å²) in [5, 5.41) is 1.93. The van der Waals surface area contributed by atoms with Gasteiger partial charge in [0.1, 0.15) is 0 Å². The molecule has 0 saturated carbocycles. The summed E-state index contributed by atoms with van der Waals surface area (Å²) in [6, 6.07) is 0.0803. The van der Waals surface area contributed by atoms with Gasteiger partial charge in [-0.2, -0.15) is 0 Å². The summed E-state index contributed by atoms with van der Waals surface area (Å²) < 4.78 is 9.31. The first kappa shape index (κ1) is 13.6. The van der Waals surface area contributed by atoms with Crippen molar-refractivity contribution in [3.05, 3.63) is 0 Å². The second-order valence-electron chi connectivity index (χ2n) is 2.52. The van der Waals surface area contributed by atoms with E-state index in [0.717, 1.165) is 10.6 Å². The molecule has 1 fully saturated rings. The molecule has 1 heterocycles. The van der Waals surface area contributed by atoms with Crippen LogP contribution in [0.4, 0.5) is 3.89 Å². The molecular weight excluding hydrogens is 274 g/mol. The zero-order valence-corrected chi connectivity index (χ0v) is 9.99. The van der Waals surface area contributed by atoms with Crippen molar-refractivity contribution in [2.24, 2.45) is 9.98 Å². The average Bonchev–Trinajstić information content (AvgIpc) is 2.22. The summed E-state index contributed by atoms with van der Waals surface area (Å²) in [5.74, 6) is 0. The molecule has 1 aliphatic rings. The van der Waals surface area contributed by atoms with Crippen molar-refractivity contribution in [2.75, 3.05) is 0 Å². The minimum atomic E-state index is 0.0401. The van der Waals surface area contributed by atoms with Crippen molar-refractivity contribution in [2.45, 2.75) is 29.1 Å². The SMILES string of the molecule is F[SH2+].O=C=NC1C[Se]CC(N=C=O)C1. The second kappa shape index (κ2) is 9.13. The van der Waals surface area contributed by atoms with Gasteiger partial charge in [-0.25, -0.2) is 0 Å². The molecule has 1 rings (SSSR count). The first-order valence-corrected chi connectivity index (χ1v) is 6.57. The van der Waals surface area contributed by atoms with E-state index in [0.29, 0.717) is 21.4 Å². The topological polar surface area (TPSA) is 58.9 Å². The Morgan fingerprint density at radius 2 is 1.57 bits per heavy atom. The van der Waals surface area contributed by atoms with Crippen molar-refractivity contribution in [1.82, 2.24) is 0 Å². The maximum absolute atomic E-state index is 9.94. The third kappa shape index (κ3) is 5.32. The predicted molar refractivity (Wildman–Crippen MR) is 55.1 cm³/mol. The van der Waals surface area contributed by atoms with Gasteiger partial charge in [0.25, 0.3) is 0 Å². The van der Waals surface area contributed by atoms with Crippen LogP contribution in [0.3, 0.4) is 0 Å². The second-order valence-corrected chi connectivity index (χ2v) is 4.78. The van der Waals surface area contributed by atoms with Crippen LogP contribution in [0.25, 0.3) is 0 Å². The van der Waals surface area contributed by atoms with Gasteiger partial charge in [-0.3, -0.25) is 0 Å². The van der Waals surface area contributed by atoms with Crippen molar-refractivity contribution in [1.29, 1.82) is 0 Å². The van der Waals surface area contributed by atoms with E-state index < -0.39 is 0 Å². The van der Waals surface area contributed by atoms with Crippen molar-refractivity contribution < 1.29 is 13.5 Å². The summed E-state index contributed by atoms with van der Waals surface area (Å²) in [4.78, 5) is 27.2. The van der Waals surface area contributed by atoms with Gasteiger partial charge < -0.3 is 0 Å². The van der Waals surface area contributed by atoms with Crippen LogP contribution >= 0.6 is 0 Å². The molecular formula is C7H10FN2O2SSe+. The van der Waals surface area contributed by atoms with Crippen LogP contribution < -0.4 is 0 Å². The molecule has 0 aliphatic carbocycles. The van der Waals surface area contributed by atoms with E-state index in [4.69, 9.17) is 0 Å². The van der Waals surface area contributed by atoms with Gasteiger partial charge in [0.15, 0.2) is 13.0 Å². The first-order chi connectivity index (χ1) is 6.86. The molecule has 2 atom stereocenters. The summed E-state index contributed by atoms with van der Waals surface area (Å²) in [5.41, 5.74) is 0. The third-order valence-electron chi connectivity index (χ3n) is 1.64. The Morgan fingerprint density at radius 3 is 1.93 bits per heavy atom. The van der Waals surface area contributed by atoms with E-state index in [2.05, 4.69) is 9.98 Å². The van der Waals surface area contributed by atoms with Crippen LogP contribution in [0.15, 0.2) is 9.98 Å². The summed E-state index contributed by atoms with van der Waals surface area (Å²) in [6.07, 6.45) is 3.79. The van der Waals surface area contributed by atoms with Gasteiger partial charge in [-0.15, -0.1) is 0 Å². The Hall–Kier alpha value is -0.441. The minimum absolute atomic E-state index is 0.0401. The van der Waals surface area contributed by atoms with E-state index in [1.165, 1.54) is 13.0 Å². The molecule has 1 aliphatic heterocycles. The summed E-state index contributed by atoms with van der Waals surface area (Å²) >= 11 is 1.92. The number of halogens is 1. The molecule has 1 saturated heterocycles. The Balaban J connectivity index is 0.000000791. The number of hydrogen-bond donors (Lipinski definition) is 0. The molecule has 0 amide bonds. The molecule has 0 aromatic heterocycles. The molecule has 4 nitrogen and oxygen atoms in total. The van der Waals surface area contributed by atoms with Gasteiger partial charge in [0.05, 0.1) is 0 Å². The van der Waals surface area contributed by atoms with Gasteiger partial charge in [-0.05, 0) is 0 Å². The van der Waals surface area contributed by atoms with Gasteiger partial charge in [0.2, 0.25) is 0 Å². The molecule has 0 bridgehead atoms. The molecule has 14 heavy (non-hydrogen) atoms. The van der Waals surface area contributed by atoms with E-state index >= 15 is 0 Å². The average molecular weight is 284 g/mol. The zero-order valence-electron chi connectivity index (χ0n) is 7.27. The fourth-order valence-corrected chi connectivity index (χ4v) is 3.43. The number of hydrogen-bond acceptors (Lipinski definition) is 4. The normalized spacial score (nSPS) is 24.7. The van der Waals surface area contributed by atoms with Gasteiger partial charge >= 0.3 is 75.8 Å². The van der Waals surface area contributed by atoms with Crippen LogP contribution in [0, 0.1) is 0 Å². The Bertz CT molecular complexity index is 230. The molecule has 0 N–H and O–H groups in total. The fraction of sp³-hybridized carbons (Fsp3) is 0.714. The van der Waals surface area contributed by atoms with Gasteiger partial charge in [-0.1, -0.05) is 0 Å². The van der Waals surface area contributed by atoms with E-state index in [9.17, 15) is 13.5 Å². The molecule has 0 aromatic rings. The quantitative estimate of drug-likeness (QED) is 0.315. The van der Waals surface area contributed by atoms with E-state index in [1.807, 2.05) is 0 Å². The molecule has 0 radical (unpaired) electrons. The number of isocyanates is 2. The van der Waals surface area contributed by atoms with Crippen molar-refractivity contribution >= 4 is 40.1 Å². The monoisotopic (exact) mass is 285 g/mol. The number of aliphatic imine (C=N–C) groups is 2. The molecule has 78 valence electrons. The number of nitrogens with zero attached hydrogens (tertiary/aromatic N) is 2. The van der Waals surface area contributed by atoms with E-state index in [1.54, 1.807) is 12.2 Å². The molecule has 7 heteroatoms. The van der Waals surface area contributed by atoms with Crippen LogP contribution in [0.1, 0.15) is 6.42 Å². The van der Waals surface area contributed by atoms with Crippen LogP contribution in [-0.2, 0) is 22.6 Å². The van der Waals surface area contributed by atoms with Gasteiger partial charge in [0, 0.05) is 3.89 Å². The molecule has 0 aromatic carbocycles. The van der Waals surface area contributed by atoms with E-state index in [-0.39, 0.29) is 12.1 Å². The van der Waals surface area contributed by atoms with Crippen LogP contribution in [0.5, 0.6) is 0 Å². The first-order valence-electron chi connectivity index (χ1n) is 3.77. The fourth-order valence-electron chi connectivity index (χ4n) is 1.12. The Labute approximate surface area is 92.9 Å². The van der Waals surface area contributed by atoms with Crippen molar-refractivity contribution in [3.8, 4) is 0 Å². The Kier molecular flexibility index (Phi) is 8.84. The zero-order chi connectivity index (χ0) is 10.8. The van der Waals surface area contributed by atoms with Crippen LogP contribution in [0.2, 0.25) is 10.6 Å².